The van der Waals surface area contributed by atoms with Gasteiger partial charge in [0.15, 0.2) is 5.82 Å². The molecule has 0 aliphatic heterocycles. The predicted octanol–water partition coefficient (Wildman–Crippen LogP) is 1.90. The van der Waals surface area contributed by atoms with Crippen LogP contribution in [0.5, 0.6) is 0 Å². The van der Waals surface area contributed by atoms with Gasteiger partial charge < -0.3 is 14.6 Å². The van der Waals surface area contributed by atoms with Crippen LogP contribution in [-0.2, 0) is 6.54 Å². The van der Waals surface area contributed by atoms with E-state index in [0.29, 0.717) is 6.04 Å². The fourth-order valence-corrected chi connectivity index (χ4v) is 1.86. The molecule has 0 fully saturated rings. The summed E-state index contributed by atoms with van der Waals surface area (Å²) in [7, 11) is 4.06. The Labute approximate surface area is 102 Å². The lowest BCUT2D eigenvalue weighted by molar-refractivity contribution is 0.579. The van der Waals surface area contributed by atoms with E-state index in [4.69, 9.17) is 0 Å². The summed E-state index contributed by atoms with van der Waals surface area (Å²) in [6, 6.07) is 6.56. The third kappa shape index (κ3) is 2.42. The number of nitrogens with zero attached hydrogens (tertiary/aromatic N) is 3. The first kappa shape index (κ1) is 11.9. The van der Waals surface area contributed by atoms with Crippen LogP contribution in [0.15, 0.2) is 24.4 Å². The Hall–Kier alpha value is -1.55. The van der Waals surface area contributed by atoms with Crippen LogP contribution in [0.2, 0.25) is 0 Å². The molecule has 0 aliphatic carbocycles. The molecular formula is C13H20N4. The van der Waals surface area contributed by atoms with Gasteiger partial charge in [-0.1, -0.05) is 19.9 Å². The largest absolute Gasteiger partial charge is 0.361 e. The Kier molecular flexibility index (Phi) is 3.33. The fourth-order valence-electron chi connectivity index (χ4n) is 1.86. The van der Waals surface area contributed by atoms with Crippen molar-refractivity contribution in [2.45, 2.75) is 26.4 Å². The molecule has 0 saturated heterocycles. The van der Waals surface area contributed by atoms with Gasteiger partial charge in [0, 0.05) is 32.9 Å². The van der Waals surface area contributed by atoms with Gasteiger partial charge in [0.25, 0.3) is 0 Å². The summed E-state index contributed by atoms with van der Waals surface area (Å²) < 4.78 is 2.14. The second-order valence-electron chi connectivity index (χ2n) is 4.74. The molecule has 0 aliphatic rings. The van der Waals surface area contributed by atoms with Crippen molar-refractivity contribution in [3.05, 3.63) is 30.1 Å². The number of fused-ring (bicyclic) bond motifs is 1. The van der Waals surface area contributed by atoms with Gasteiger partial charge in [0.2, 0.25) is 0 Å². The molecule has 0 spiro atoms. The third-order valence-corrected chi connectivity index (χ3v) is 2.71. The maximum absolute atomic E-state index is 4.64. The highest BCUT2D eigenvalue weighted by Crippen LogP contribution is 2.19. The zero-order valence-corrected chi connectivity index (χ0v) is 10.9. The molecule has 0 radical (unpaired) electrons. The summed E-state index contributed by atoms with van der Waals surface area (Å²) in [5.41, 5.74) is 2.20. The predicted molar refractivity (Wildman–Crippen MR) is 71.5 cm³/mol. The van der Waals surface area contributed by atoms with Crippen LogP contribution in [0.25, 0.3) is 5.65 Å². The molecule has 0 amide bonds. The molecule has 0 atom stereocenters. The number of anilines is 1. The number of nitrogens with one attached hydrogen (secondary N) is 1. The molecule has 4 nitrogen and oxygen atoms in total. The Morgan fingerprint density at radius 2 is 2.12 bits per heavy atom. The van der Waals surface area contributed by atoms with Crippen molar-refractivity contribution < 1.29 is 0 Å². The van der Waals surface area contributed by atoms with Gasteiger partial charge in [-0.3, -0.25) is 0 Å². The molecule has 2 rings (SSSR count). The van der Waals surface area contributed by atoms with Crippen LogP contribution < -0.4 is 10.2 Å². The molecule has 17 heavy (non-hydrogen) atoms. The van der Waals surface area contributed by atoms with Crippen molar-refractivity contribution in [2.24, 2.45) is 0 Å². The average molecular weight is 232 g/mol. The monoisotopic (exact) mass is 232 g/mol. The van der Waals surface area contributed by atoms with Crippen molar-refractivity contribution in [3.63, 3.8) is 0 Å². The van der Waals surface area contributed by atoms with Gasteiger partial charge in [-0.15, -0.1) is 0 Å². The summed E-state index contributed by atoms with van der Waals surface area (Å²) in [4.78, 5) is 6.70. The van der Waals surface area contributed by atoms with Crippen molar-refractivity contribution in [2.75, 3.05) is 19.0 Å². The molecule has 0 saturated carbocycles. The Bertz CT molecular complexity index is 499. The van der Waals surface area contributed by atoms with Gasteiger partial charge in [-0.05, 0) is 12.1 Å². The van der Waals surface area contributed by atoms with E-state index in [0.717, 1.165) is 18.0 Å². The molecule has 1 N–H and O–H groups in total. The van der Waals surface area contributed by atoms with E-state index in [9.17, 15) is 0 Å². The number of imidazole rings is 1. The first-order valence-corrected chi connectivity index (χ1v) is 5.96. The minimum absolute atomic E-state index is 0.472. The maximum Gasteiger partial charge on any atom is 0.151 e. The van der Waals surface area contributed by atoms with Crippen LogP contribution in [0, 0.1) is 0 Å². The number of hydrogen-bond acceptors (Lipinski definition) is 3. The number of aromatic nitrogens is 2. The smallest absolute Gasteiger partial charge is 0.151 e. The zero-order valence-electron chi connectivity index (χ0n) is 10.9. The maximum atomic E-state index is 4.64. The normalized spacial score (nSPS) is 11.4. The minimum atomic E-state index is 0.472. The Morgan fingerprint density at radius 3 is 2.76 bits per heavy atom. The molecule has 0 unspecified atom stereocenters. The van der Waals surface area contributed by atoms with E-state index in [1.54, 1.807) is 0 Å². The molecule has 2 aromatic heterocycles. The minimum Gasteiger partial charge on any atom is -0.361 e. The topological polar surface area (TPSA) is 32.6 Å². The molecule has 92 valence electrons. The number of pyridine rings is 1. The van der Waals surface area contributed by atoms with Crippen LogP contribution in [0.3, 0.4) is 0 Å². The molecule has 0 aromatic carbocycles. The third-order valence-electron chi connectivity index (χ3n) is 2.71. The molecule has 2 heterocycles. The van der Waals surface area contributed by atoms with Gasteiger partial charge in [-0.2, -0.15) is 0 Å². The van der Waals surface area contributed by atoms with Crippen molar-refractivity contribution in [1.29, 1.82) is 0 Å². The second kappa shape index (κ2) is 4.75. The molecule has 0 bridgehead atoms. The quantitative estimate of drug-likeness (QED) is 0.874. The van der Waals surface area contributed by atoms with Crippen LogP contribution >= 0.6 is 0 Å². The standard InChI is InChI=1S/C13H20N4/c1-10(2)14-9-11-13(16(3)4)15-12-7-5-6-8-17(11)12/h5-8,10,14H,9H2,1-4H3. The van der Waals surface area contributed by atoms with Gasteiger partial charge >= 0.3 is 0 Å². The molecule has 4 heteroatoms. The highest BCUT2D eigenvalue weighted by molar-refractivity contribution is 5.55. The summed E-state index contributed by atoms with van der Waals surface area (Å²) in [6.07, 6.45) is 2.06. The van der Waals surface area contributed by atoms with E-state index in [1.165, 1.54) is 5.69 Å². The summed E-state index contributed by atoms with van der Waals surface area (Å²) in [6.45, 7) is 5.13. The van der Waals surface area contributed by atoms with Crippen molar-refractivity contribution in [3.8, 4) is 0 Å². The first-order valence-electron chi connectivity index (χ1n) is 5.96. The lowest BCUT2D eigenvalue weighted by Gasteiger charge is -2.14. The summed E-state index contributed by atoms with van der Waals surface area (Å²) in [5, 5.41) is 3.45. The van der Waals surface area contributed by atoms with E-state index in [-0.39, 0.29) is 0 Å². The van der Waals surface area contributed by atoms with E-state index < -0.39 is 0 Å². The lowest BCUT2D eigenvalue weighted by Crippen LogP contribution is -2.24. The lowest BCUT2D eigenvalue weighted by atomic mass is 10.3. The van der Waals surface area contributed by atoms with Crippen molar-refractivity contribution in [1.82, 2.24) is 14.7 Å². The molecule has 2 aromatic rings. The second-order valence-corrected chi connectivity index (χ2v) is 4.74. The van der Waals surface area contributed by atoms with E-state index in [1.807, 2.05) is 32.3 Å². The summed E-state index contributed by atoms with van der Waals surface area (Å²) >= 11 is 0. The molecular weight excluding hydrogens is 212 g/mol. The average Bonchev–Trinajstić information content (AvgIpc) is 2.65. The SMILES string of the molecule is CC(C)NCc1c(N(C)C)nc2ccccn12. The van der Waals surface area contributed by atoms with Crippen molar-refractivity contribution >= 4 is 11.5 Å². The highest BCUT2D eigenvalue weighted by Gasteiger charge is 2.13. The summed E-state index contributed by atoms with van der Waals surface area (Å²) in [5.74, 6) is 1.03. The highest BCUT2D eigenvalue weighted by atomic mass is 15.2. The number of hydrogen-bond donors (Lipinski definition) is 1. The zero-order chi connectivity index (χ0) is 12.4. The van der Waals surface area contributed by atoms with E-state index in [2.05, 4.69) is 39.6 Å². The van der Waals surface area contributed by atoms with Crippen LogP contribution in [0.1, 0.15) is 19.5 Å². The van der Waals surface area contributed by atoms with E-state index >= 15 is 0 Å². The van der Waals surface area contributed by atoms with Gasteiger partial charge in [0.05, 0.1) is 5.69 Å². The van der Waals surface area contributed by atoms with Gasteiger partial charge in [0.1, 0.15) is 5.65 Å². The number of rotatable bonds is 4. The fraction of sp³-hybridized carbons (Fsp3) is 0.462. The van der Waals surface area contributed by atoms with Crippen LogP contribution in [-0.4, -0.2) is 29.5 Å². The first-order chi connectivity index (χ1) is 8.09. The Morgan fingerprint density at radius 1 is 1.35 bits per heavy atom. The van der Waals surface area contributed by atoms with Crippen LogP contribution in [0.4, 0.5) is 5.82 Å². The Balaban J connectivity index is 2.44. The van der Waals surface area contributed by atoms with Gasteiger partial charge in [-0.25, -0.2) is 4.98 Å².